The second-order valence-corrected chi connectivity index (χ2v) is 7.25. The highest BCUT2D eigenvalue weighted by molar-refractivity contribution is 5.90. The van der Waals surface area contributed by atoms with Crippen LogP contribution in [0.15, 0.2) is 54.9 Å². The number of nitrogens with one attached hydrogen (secondary N) is 1. The van der Waals surface area contributed by atoms with Crippen LogP contribution in [0.2, 0.25) is 0 Å². The van der Waals surface area contributed by atoms with E-state index in [9.17, 15) is 4.79 Å². The van der Waals surface area contributed by atoms with Crippen molar-refractivity contribution in [3.8, 4) is 5.75 Å². The van der Waals surface area contributed by atoms with Crippen LogP contribution in [-0.2, 0) is 11.4 Å². The number of hydrogen-bond acceptors (Lipinski definition) is 3. The van der Waals surface area contributed by atoms with Gasteiger partial charge in [0.15, 0.2) is 0 Å². The minimum absolute atomic E-state index is 0.0828. The Hall–Kier alpha value is -2.82. The van der Waals surface area contributed by atoms with Gasteiger partial charge in [-0.25, -0.2) is 4.98 Å². The molecular weight excluding hydrogens is 338 g/mol. The number of benzene rings is 1. The molecule has 0 unspecified atom stereocenters. The second kappa shape index (κ2) is 8.25. The quantitative estimate of drug-likeness (QED) is 0.654. The average Bonchev–Trinajstić information content (AvgIpc) is 3.34. The first kappa shape index (κ1) is 17.6. The number of aromatic nitrogens is 2. The van der Waals surface area contributed by atoms with Crippen molar-refractivity contribution >= 4 is 17.2 Å². The fourth-order valence-corrected chi connectivity index (χ4v) is 3.74. The van der Waals surface area contributed by atoms with E-state index in [1.165, 1.54) is 25.7 Å². The van der Waals surface area contributed by atoms with Crippen LogP contribution >= 0.6 is 0 Å². The topological polar surface area (TPSA) is 55.6 Å². The van der Waals surface area contributed by atoms with Gasteiger partial charge in [0.1, 0.15) is 18.0 Å². The molecule has 1 saturated carbocycles. The number of pyridine rings is 1. The second-order valence-electron chi connectivity index (χ2n) is 7.25. The van der Waals surface area contributed by atoms with Gasteiger partial charge in [0.2, 0.25) is 5.91 Å². The standard InChI is InChI=1S/C22H25N3O2/c26-22(12-11-17-6-1-2-7-17)24-18-8-5-9-20(14-18)27-16-19-15-25-13-4-3-10-21(25)23-19/h3-5,8-10,13-15,17H,1-2,6-7,11-12,16H2,(H,24,26). The highest BCUT2D eigenvalue weighted by Gasteiger charge is 2.16. The lowest BCUT2D eigenvalue weighted by Gasteiger charge is -2.10. The normalized spacial score (nSPS) is 14.5. The van der Waals surface area contributed by atoms with Gasteiger partial charge < -0.3 is 14.5 Å². The molecular formula is C22H25N3O2. The summed E-state index contributed by atoms with van der Waals surface area (Å²) in [6.07, 6.45) is 10.7. The number of fused-ring (bicyclic) bond motifs is 1. The van der Waals surface area contributed by atoms with Crippen molar-refractivity contribution in [2.75, 3.05) is 5.32 Å². The molecule has 1 N–H and O–H groups in total. The summed E-state index contributed by atoms with van der Waals surface area (Å²) >= 11 is 0. The summed E-state index contributed by atoms with van der Waals surface area (Å²) < 4.78 is 7.83. The number of ether oxygens (including phenoxy) is 1. The fraction of sp³-hybridized carbons (Fsp3) is 0.364. The van der Waals surface area contributed by atoms with Crippen molar-refractivity contribution in [1.82, 2.24) is 9.38 Å². The summed E-state index contributed by atoms with van der Waals surface area (Å²) in [6.45, 7) is 0.390. The van der Waals surface area contributed by atoms with Crippen LogP contribution in [0.3, 0.4) is 0 Å². The smallest absolute Gasteiger partial charge is 0.224 e. The van der Waals surface area contributed by atoms with Crippen LogP contribution in [0.5, 0.6) is 5.75 Å². The molecule has 1 aromatic carbocycles. The van der Waals surface area contributed by atoms with Crippen molar-refractivity contribution in [2.24, 2.45) is 5.92 Å². The van der Waals surface area contributed by atoms with Gasteiger partial charge in [0.05, 0.1) is 5.69 Å². The zero-order valence-electron chi connectivity index (χ0n) is 15.4. The van der Waals surface area contributed by atoms with Crippen LogP contribution in [0, 0.1) is 5.92 Å². The number of carbonyl (C=O) groups excluding carboxylic acids is 1. The van der Waals surface area contributed by atoms with Gasteiger partial charge >= 0.3 is 0 Å². The van der Waals surface area contributed by atoms with Crippen LogP contribution < -0.4 is 10.1 Å². The highest BCUT2D eigenvalue weighted by Crippen LogP contribution is 2.28. The van der Waals surface area contributed by atoms with Gasteiger partial charge in [0, 0.05) is 30.6 Å². The first-order valence-electron chi connectivity index (χ1n) is 9.71. The van der Waals surface area contributed by atoms with E-state index in [4.69, 9.17) is 4.74 Å². The van der Waals surface area contributed by atoms with Gasteiger partial charge in [-0.05, 0) is 36.6 Å². The maximum absolute atomic E-state index is 12.2. The zero-order valence-corrected chi connectivity index (χ0v) is 15.4. The molecule has 5 heteroatoms. The lowest BCUT2D eigenvalue weighted by molar-refractivity contribution is -0.116. The van der Waals surface area contributed by atoms with Crippen molar-refractivity contribution in [1.29, 1.82) is 0 Å². The molecule has 0 aliphatic heterocycles. The lowest BCUT2D eigenvalue weighted by Crippen LogP contribution is -2.12. The zero-order chi connectivity index (χ0) is 18.5. The average molecular weight is 363 g/mol. The molecule has 3 aromatic rings. The molecule has 2 heterocycles. The van der Waals surface area contributed by atoms with E-state index in [0.29, 0.717) is 13.0 Å². The highest BCUT2D eigenvalue weighted by atomic mass is 16.5. The maximum Gasteiger partial charge on any atom is 0.224 e. The first-order valence-corrected chi connectivity index (χ1v) is 9.71. The molecule has 5 nitrogen and oxygen atoms in total. The molecule has 1 amide bonds. The monoisotopic (exact) mass is 363 g/mol. The summed E-state index contributed by atoms with van der Waals surface area (Å²) in [4.78, 5) is 16.7. The predicted octanol–water partition coefficient (Wildman–Crippen LogP) is 4.82. The van der Waals surface area contributed by atoms with Gasteiger partial charge in [-0.15, -0.1) is 0 Å². The number of nitrogens with zero attached hydrogens (tertiary/aromatic N) is 2. The van der Waals surface area contributed by atoms with E-state index in [0.717, 1.165) is 35.1 Å². The Morgan fingerprint density at radius 2 is 2.07 bits per heavy atom. The summed E-state index contributed by atoms with van der Waals surface area (Å²) in [5.74, 6) is 1.54. The summed E-state index contributed by atoms with van der Waals surface area (Å²) in [6, 6.07) is 13.4. The van der Waals surface area contributed by atoms with E-state index in [2.05, 4.69) is 10.3 Å². The van der Waals surface area contributed by atoms with E-state index < -0.39 is 0 Å². The molecule has 0 bridgehead atoms. The summed E-state index contributed by atoms with van der Waals surface area (Å²) in [7, 11) is 0. The van der Waals surface area contributed by atoms with Crippen LogP contribution in [-0.4, -0.2) is 15.3 Å². The third kappa shape index (κ3) is 4.67. The number of amides is 1. The Bertz CT molecular complexity index is 880. The number of imidazole rings is 1. The van der Waals surface area contributed by atoms with Gasteiger partial charge in [-0.1, -0.05) is 37.8 Å². The summed E-state index contributed by atoms with van der Waals surface area (Å²) in [5.41, 5.74) is 2.55. The minimum Gasteiger partial charge on any atom is -0.487 e. The first-order chi connectivity index (χ1) is 13.3. The Kier molecular flexibility index (Phi) is 5.37. The van der Waals surface area contributed by atoms with Crippen molar-refractivity contribution in [3.05, 3.63) is 60.6 Å². The van der Waals surface area contributed by atoms with E-state index >= 15 is 0 Å². The Morgan fingerprint density at radius 3 is 2.93 bits per heavy atom. The van der Waals surface area contributed by atoms with Crippen molar-refractivity contribution < 1.29 is 9.53 Å². The Morgan fingerprint density at radius 1 is 1.19 bits per heavy atom. The predicted molar refractivity (Wildman–Crippen MR) is 106 cm³/mol. The molecule has 1 aliphatic rings. The van der Waals surface area contributed by atoms with Crippen molar-refractivity contribution in [2.45, 2.75) is 45.1 Å². The van der Waals surface area contributed by atoms with Crippen LogP contribution in [0.1, 0.15) is 44.2 Å². The van der Waals surface area contributed by atoms with Gasteiger partial charge in [-0.3, -0.25) is 4.79 Å². The minimum atomic E-state index is 0.0828. The molecule has 0 radical (unpaired) electrons. The Balaban J connectivity index is 1.30. The third-order valence-corrected chi connectivity index (χ3v) is 5.17. The van der Waals surface area contributed by atoms with E-state index in [1.54, 1.807) is 0 Å². The molecule has 27 heavy (non-hydrogen) atoms. The number of anilines is 1. The van der Waals surface area contributed by atoms with Crippen LogP contribution in [0.25, 0.3) is 5.65 Å². The van der Waals surface area contributed by atoms with Gasteiger partial charge in [-0.2, -0.15) is 0 Å². The molecule has 4 rings (SSSR count). The largest absolute Gasteiger partial charge is 0.487 e. The van der Waals surface area contributed by atoms with Crippen molar-refractivity contribution in [3.63, 3.8) is 0 Å². The number of hydrogen-bond donors (Lipinski definition) is 1. The van der Waals surface area contributed by atoms with E-state index in [-0.39, 0.29) is 5.91 Å². The molecule has 1 fully saturated rings. The van der Waals surface area contributed by atoms with E-state index in [1.807, 2.05) is 59.3 Å². The van der Waals surface area contributed by atoms with Gasteiger partial charge in [0.25, 0.3) is 0 Å². The SMILES string of the molecule is O=C(CCC1CCCC1)Nc1cccc(OCc2cn3ccccc3n2)c1. The molecule has 0 atom stereocenters. The fourth-order valence-electron chi connectivity index (χ4n) is 3.74. The van der Waals surface area contributed by atoms with Crippen LogP contribution in [0.4, 0.5) is 5.69 Å². The number of rotatable bonds is 7. The molecule has 1 aliphatic carbocycles. The maximum atomic E-state index is 12.2. The number of carbonyl (C=O) groups is 1. The molecule has 140 valence electrons. The molecule has 2 aromatic heterocycles. The molecule has 0 spiro atoms. The Labute approximate surface area is 159 Å². The lowest BCUT2D eigenvalue weighted by atomic mass is 10.0. The molecule has 0 saturated heterocycles. The third-order valence-electron chi connectivity index (χ3n) is 5.17. The summed E-state index contributed by atoms with van der Waals surface area (Å²) in [5, 5.41) is 2.99.